The fourth-order valence-electron chi connectivity index (χ4n) is 5.17. The molecular formula is C32H25IrN3. The van der Waals surface area contributed by atoms with Gasteiger partial charge in [-0.2, -0.15) is 6.07 Å². The molecule has 0 N–H and O–H groups in total. The summed E-state index contributed by atoms with van der Waals surface area (Å²) in [6.45, 7) is 4.63. The minimum absolute atomic E-state index is 0. The van der Waals surface area contributed by atoms with E-state index in [4.69, 9.17) is 0 Å². The molecule has 4 heteroatoms. The fraction of sp³-hybridized carbons (Fsp3) is 0.125. The van der Waals surface area contributed by atoms with Gasteiger partial charge in [0.2, 0.25) is 0 Å². The van der Waals surface area contributed by atoms with Gasteiger partial charge in [-0.25, -0.2) is 0 Å². The smallest absolute Gasteiger partial charge is 0.305 e. The van der Waals surface area contributed by atoms with E-state index in [0.29, 0.717) is 0 Å². The van der Waals surface area contributed by atoms with Gasteiger partial charge in [0.05, 0.1) is 0 Å². The van der Waals surface area contributed by atoms with Gasteiger partial charge in [-0.15, -0.1) is 58.8 Å². The maximum Gasteiger partial charge on any atom is 0.494 e. The Hall–Kier alpha value is -3.68. The number of aromatic nitrogens is 1. The number of hydrogen-bond donors (Lipinski definition) is 0. The van der Waals surface area contributed by atoms with Crippen molar-refractivity contribution in [2.75, 3.05) is 7.05 Å². The minimum Gasteiger partial charge on any atom is -0.305 e. The normalized spacial score (nSPS) is 13.9. The van der Waals surface area contributed by atoms with Gasteiger partial charge in [0.1, 0.15) is 5.69 Å². The van der Waals surface area contributed by atoms with Gasteiger partial charge in [-0.3, -0.25) is 0 Å². The van der Waals surface area contributed by atoms with E-state index >= 15 is 0 Å². The molecule has 1 radical (unpaired) electrons. The van der Waals surface area contributed by atoms with Crippen molar-refractivity contribution in [3.63, 3.8) is 0 Å². The number of hydrogen-bond acceptors (Lipinski definition) is 1. The molecule has 2 aliphatic heterocycles. The van der Waals surface area contributed by atoms with Gasteiger partial charge in [0.15, 0.2) is 7.05 Å². The predicted molar refractivity (Wildman–Crippen MR) is 142 cm³/mol. The first kappa shape index (κ1) is 24.0. The third-order valence-corrected chi connectivity index (χ3v) is 6.85. The molecule has 3 heterocycles. The minimum atomic E-state index is -0.0681. The third-order valence-electron chi connectivity index (χ3n) is 6.85. The number of nitrogens with zero attached hydrogens (tertiary/aromatic N) is 3. The number of fused-ring (bicyclic) bond motifs is 4. The zero-order chi connectivity index (χ0) is 24.0. The quantitative estimate of drug-likeness (QED) is 0.141. The average molecular weight is 644 g/mol. The van der Waals surface area contributed by atoms with Gasteiger partial charge < -0.3 is 4.98 Å². The molecule has 5 aromatic rings. The second-order valence-electron chi connectivity index (χ2n) is 9.38. The van der Waals surface area contributed by atoms with E-state index in [1.807, 2.05) is 42.5 Å². The second-order valence-corrected chi connectivity index (χ2v) is 9.38. The van der Waals surface area contributed by atoms with E-state index < -0.39 is 0 Å². The van der Waals surface area contributed by atoms with E-state index in [1.54, 1.807) is 6.20 Å². The van der Waals surface area contributed by atoms with Crippen LogP contribution in [-0.4, -0.2) is 22.6 Å². The summed E-state index contributed by atoms with van der Waals surface area (Å²) in [5.41, 5.74) is 8.21. The van der Waals surface area contributed by atoms with Gasteiger partial charge >= 0.3 is 6.01 Å². The van der Waals surface area contributed by atoms with Crippen LogP contribution >= 0.6 is 0 Å². The summed E-state index contributed by atoms with van der Waals surface area (Å²) in [6, 6.07) is 41.0. The van der Waals surface area contributed by atoms with Crippen molar-refractivity contribution in [1.29, 1.82) is 0 Å². The summed E-state index contributed by atoms with van der Waals surface area (Å²) in [6.07, 6.45) is 1.79. The zero-order valence-electron chi connectivity index (χ0n) is 20.4. The van der Waals surface area contributed by atoms with E-state index in [0.717, 1.165) is 16.9 Å². The fourth-order valence-corrected chi connectivity index (χ4v) is 5.17. The van der Waals surface area contributed by atoms with Gasteiger partial charge in [0.25, 0.3) is 11.4 Å². The molecule has 4 aromatic carbocycles. The molecular weight excluding hydrogens is 619 g/mol. The van der Waals surface area contributed by atoms with Gasteiger partial charge in [0, 0.05) is 37.9 Å². The first-order valence-electron chi connectivity index (χ1n) is 11.8. The number of para-hydroxylation sites is 1. The van der Waals surface area contributed by atoms with Crippen molar-refractivity contribution in [2.24, 2.45) is 0 Å². The summed E-state index contributed by atoms with van der Waals surface area (Å²) in [7, 11) is 2.06. The molecule has 3 nitrogen and oxygen atoms in total. The molecule has 177 valence electrons. The Labute approximate surface area is 225 Å². The Bertz CT molecular complexity index is 1610. The van der Waals surface area contributed by atoms with Crippen LogP contribution in [0, 0.1) is 12.1 Å². The predicted octanol–water partition coefficient (Wildman–Crippen LogP) is 7.12. The summed E-state index contributed by atoms with van der Waals surface area (Å²) < 4.78 is 4.25. The van der Waals surface area contributed by atoms with Crippen LogP contribution in [0.15, 0.2) is 97.2 Å². The number of rotatable bonds is 1. The van der Waals surface area contributed by atoms with Crippen LogP contribution in [0.2, 0.25) is 0 Å². The largest absolute Gasteiger partial charge is 0.494 e. The molecule has 1 aromatic heterocycles. The molecule has 0 aliphatic carbocycles. The average Bonchev–Trinajstić information content (AvgIpc) is 3.25. The second kappa shape index (κ2) is 9.41. The molecule has 0 spiro atoms. The molecule has 0 bridgehead atoms. The number of pyridine rings is 1. The van der Waals surface area contributed by atoms with Gasteiger partial charge in [-0.1, -0.05) is 71.0 Å². The maximum absolute atomic E-state index is 4.22. The number of benzene rings is 4. The Morgan fingerprint density at radius 3 is 2.44 bits per heavy atom. The topological polar surface area (TPSA) is 18.9 Å². The van der Waals surface area contributed by atoms with Crippen molar-refractivity contribution in [1.82, 2.24) is 9.56 Å². The summed E-state index contributed by atoms with van der Waals surface area (Å²) >= 11 is 0. The molecule has 0 atom stereocenters. The molecule has 0 fully saturated rings. The van der Waals surface area contributed by atoms with Crippen LogP contribution in [0.25, 0.3) is 22.0 Å². The van der Waals surface area contributed by atoms with Crippen LogP contribution in [0.5, 0.6) is 0 Å². The first-order valence-corrected chi connectivity index (χ1v) is 11.8. The van der Waals surface area contributed by atoms with E-state index in [2.05, 4.69) is 102 Å². The Kier molecular flexibility index (Phi) is 6.28. The van der Waals surface area contributed by atoms with Crippen LogP contribution in [0.3, 0.4) is 0 Å². The summed E-state index contributed by atoms with van der Waals surface area (Å²) in [5, 5.41) is 2.55. The van der Waals surface area contributed by atoms with E-state index in [9.17, 15) is 0 Å². The van der Waals surface area contributed by atoms with Crippen molar-refractivity contribution < 1.29 is 24.7 Å². The SMILES string of the molecule is C[N+]1=C=[N+]2c3[c-]cc4ccccc4c3C(C)(C)c3cccc1c32.[Ir].[c-]1ccccc1-c1ccccn1. The molecule has 2 aliphatic rings. The Morgan fingerprint density at radius 2 is 1.67 bits per heavy atom. The molecule has 36 heavy (non-hydrogen) atoms. The zero-order valence-corrected chi connectivity index (χ0v) is 22.8. The van der Waals surface area contributed by atoms with Crippen LogP contribution < -0.4 is 4.58 Å². The molecule has 7 rings (SSSR count). The summed E-state index contributed by atoms with van der Waals surface area (Å²) in [4.78, 5) is 4.22. The molecule has 0 saturated heterocycles. The van der Waals surface area contributed by atoms with Crippen LogP contribution in [0.4, 0.5) is 17.1 Å². The van der Waals surface area contributed by atoms with Crippen molar-refractivity contribution in [3.8, 4) is 11.3 Å². The molecule has 0 amide bonds. The maximum atomic E-state index is 4.22. The Balaban J connectivity index is 0.000000175. The van der Waals surface area contributed by atoms with Crippen molar-refractivity contribution >= 4 is 33.8 Å². The standard InChI is InChI=1S/C21H17N2.C11H8N.Ir/c1-21(2)16-9-6-10-18-20(16)23(13-22(18)3)17-12-11-14-7-4-5-8-15(14)19(17)21;1-2-6-10(7-3-1)11-8-4-5-9-12-11;/h4-11H,1-3H3;1-6,8-9H;/q+1;-1;. The third kappa shape index (κ3) is 3.85. The van der Waals surface area contributed by atoms with Crippen LogP contribution in [-0.2, 0) is 25.5 Å². The van der Waals surface area contributed by atoms with Gasteiger partial charge in [-0.05, 0) is 17.2 Å². The van der Waals surface area contributed by atoms with Crippen molar-refractivity contribution in [2.45, 2.75) is 19.3 Å². The van der Waals surface area contributed by atoms with Crippen molar-refractivity contribution in [3.05, 3.63) is 120 Å². The van der Waals surface area contributed by atoms with Crippen LogP contribution in [0.1, 0.15) is 25.0 Å². The monoisotopic (exact) mass is 644 g/mol. The molecule has 0 saturated carbocycles. The first-order chi connectivity index (χ1) is 17.1. The molecule has 0 unspecified atom stereocenters. The Morgan fingerprint density at radius 1 is 0.861 bits per heavy atom. The summed E-state index contributed by atoms with van der Waals surface area (Å²) in [5.74, 6) is 0. The van der Waals surface area contributed by atoms with E-state index in [1.165, 1.54) is 33.3 Å². The van der Waals surface area contributed by atoms with E-state index in [-0.39, 0.29) is 25.5 Å².